The van der Waals surface area contributed by atoms with Crippen LogP contribution >= 0.6 is 11.8 Å². The monoisotopic (exact) mass is 401 g/mol. The van der Waals surface area contributed by atoms with Gasteiger partial charge in [-0.2, -0.15) is 0 Å². The molecule has 1 N–H and O–H groups in total. The van der Waals surface area contributed by atoms with Crippen LogP contribution in [0.3, 0.4) is 0 Å². The summed E-state index contributed by atoms with van der Waals surface area (Å²) in [6, 6.07) is 17.6. The summed E-state index contributed by atoms with van der Waals surface area (Å²) in [5.74, 6) is -0.0220. The number of thioether (sulfide) groups is 1. The molecule has 144 valence electrons. The van der Waals surface area contributed by atoms with E-state index in [0.717, 1.165) is 5.56 Å². The van der Waals surface area contributed by atoms with E-state index < -0.39 is 0 Å². The van der Waals surface area contributed by atoms with Gasteiger partial charge in [-0.05, 0) is 36.9 Å². The molecule has 0 atom stereocenters. The normalized spacial score (nSPS) is 12.3. The maximum absolute atomic E-state index is 13.2. The average Bonchev–Trinajstić information content (AvgIpc) is 2.73. The van der Waals surface area contributed by atoms with Gasteiger partial charge in [-0.1, -0.05) is 48.9 Å². The Bertz CT molecular complexity index is 1150. The first-order valence-electron chi connectivity index (χ1n) is 9.37. The van der Waals surface area contributed by atoms with Crippen LogP contribution in [-0.2, 0) is 0 Å². The first kappa shape index (κ1) is 19.2. The van der Waals surface area contributed by atoms with E-state index in [0.29, 0.717) is 44.2 Å². The Kier molecular flexibility index (Phi) is 5.07. The molecule has 5 heteroatoms. The molecule has 0 aromatic heterocycles. The van der Waals surface area contributed by atoms with E-state index >= 15 is 0 Å². The number of carbonyl (C=O) groups excluding carboxylic acids is 3. The summed E-state index contributed by atoms with van der Waals surface area (Å²) < 4.78 is 0. The molecule has 29 heavy (non-hydrogen) atoms. The Labute approximate surface area is 173 Å². The summed E-state index contributed by atoms with van der Waals surface area (Å²) in [5.41, 5.74) is 3.67. The van der Waals surface area contributed by atoms with Gasteiger partial charge in [0.15, 0.2) is 11.6 Å². The molecule has 0 fully saturated rings. The Morgan fingerprint density at radius 3 is 2.17 bits per heavy atom. The fourth-order valence-electron chi connectivity index (χ4n) is 3.46. The van der Waals surface area contributed by atoms with Crippen LogP contribution < -0.4 is 5.32 Å². The molecule has 4 nitrogen and oxygen atoms in total. The molecule has 0 unspecified atom stereocenters. The summed E-state index contributed by atoms with van der Waals surface area (Å²) in [7, 11) is 0. The summed E-state index contributed by atoms with van der Waals surface area (Å²) in [6.45, 7) is 3.93. The third-order valence-electron chi connectivity index (χ3n) is 4.89. The van der Waals surface area contributed by atoms with Crippen LogP contribution in [0.1, 0.15) is 54.7 Å². The molecular weight excluding hydrogens is 382 g/mol. The maximum atomic E-state index is 13.2. The van der Waals surface area contributed by atoms with Crippen molar-refractivity contribution < 1.29 is 14.4 Å². The van der Waals surface area contributed by atoms with Crippen LogP contribution in [0.25, 0.3) is 0 Å². The second-order valence-electron chi connectivity index (χ2n) is 6.82. The van der Waals surface area contributed by atoms with Gasteiger partial charge >= 0.3 is 0 Å². The van der Waals surface area contributed by atoms with Gasteiger partial charge in [0, 0.05) is 32.8 Å². The summed E-state index contributed by atoms with van der Waals surface area (Å²) in [6.07, 6.45) is 0. The van der Waals surface area contributed by atoms with E-state index in [1.54, 1.807) is 36.4 Å². The predicted molar refractivity (Wildman–Crippen MR) is 115 cm³/mol. The highest BCUT2D eigenvalue weighted by atomic mass is 32.2. The molecule has 0 radical (unpaired) electrons. The van der Waals surface area contributed by atoms with Crippen LogP contribution in [-0.4, -0.2) is 23.2 Å². The van der Waals surface area contributed by atoms with Gasteiger partial charge < -0.3 is 5.32 Å². The second kappa shape index (κ2) is 7.68. The van der Waals surface area contributed by atoms with Gasteiger partial charge in [0.1, 0.15) is 0 Å². The number of fused-ring (bicyclic) bond motifs is 2. The molecule has 0 saturated carbocycles. The van der Waals surface area contributed by atoms with Crippen molar-refractivity contribution in [1.29, 1.82) is 0 Å². The van der Waals surface area contributed by atoms with E-state index in [1.807, 2.05) is 38.1 Å². The zero-order chi connectivity index (χ0) is 20.5. The zero-order valence-electron chi connectivity index (χ0n) is 16.1. The highest BCUT2D eigenvalue weighted by molar-refractivity contribution is 7.99. The lowest BCUT2D eigenvalue weighted by Crippen LogP contribution is -2.24. The topological polar surface area (TPSA) is 63.2 Å². The lowest BCUT2D eigenvalue weighted by Gasteiger charge is -2.21. The van der Waals surface area contributed by atoms with Crippen LogP contribution in [0.2, 0.25) is 0 Å². The molecule has 4 rings (SSSR count). The van der Waals surface area contributed by atoms with E-state index in [9.17, 15) is 14.4 Å². The Morgan fingerprint density at radius 2 is 1.52 bits per heavy atom. The summed E-state index contributed by atoms with van der Waals surface area (Å²) in [4.78, 5) is 39.7. The van der Waals surface area contributed by atoms with E-state index in [2.05, 4.69) is 5.32 Å². The summed E-state index contributed by atoms with van der Waals surface area (Å²) in [5, 5.41) is 2.89. The first-order chi connectivity index (χ1) is 14.0. The molecule has 1 amide bonds. The fraction of sp³-hybridized carbons (Fsp3) is 0.125. The molecule has 0 bridgehead atoms. The number of nitrogens with one attached hydrogen (secondary N) is 1. The second-order valence-corrected chi connectivity index (χ2v) is 8.10. The van der Waals surface area contributed by atoms with Crippen molar-refractivity contribution in [1.82, 2.24) is 0 Å². The van der Waals surface area contributed by atoms with Crippen molar-refractivity contribution in [2.45, 2.75) is 18.7 Å². The minimum atomic E-state index is -0.299. The van der Waals surface area contributed by atoms with Crippen LogP contribution in [0.15, 0.2) is 65.6 Å². The zero-order valence-corrected chi connectivity index (χ0v) is 16.9. The number of amides is 1. The molecular formula is C24H19NO3S. The number of benzene rings is 3. The Hall–Kier alpha value is -3.18. The fourth-order valence-corrected chi connectivity index (χ4v) is 4.42. The number of ketones is 2. The number of anilines is 1. The number of hydrogen-bond acceptors (Lipinski definition) is 4. The van der Waals surface area contributed by atoms with Crippen LogP contribution in [0, 0.1) is 6.92 Å². The molecule has 0 spiro atoms. The van der Waals surface area contributed by atoms with Crippen molar-refractivity contribution in [2.75, 3.05) is 11.1 Å². The Morgan fingerprint density at radius 1 is 0.862 bits per heavy atom. The average molecular weight is 401 g/mol. The number of rotatable bonds is 4. The lowest BCUT2D eigenvalue weighted by atomic mass is 9.83. The molecule has 0 heterocycles. The molecule has 0 saturated heterocycles. The first-order valence-corrected chi connectivity index (χ1v) is 10.4. The summed E-state index contributed by atoms with van der Waals surface area (Å²) >= 11 is 1.40. The van der Waals surface area contributed by atoms with Gasteiger partial charge in [0.2, 0.25) is 0 Å². The molecule has 3 aromatic carbocycles. The van der Waals surface area contributed by atoms with Crippen LogP contribution in [0.5, 0.6) is 0 Å². The predicted octanol–water partition coefficient (Wildman–Crippen LogP) is 5.13. The maximum Gasteiger partial charge on any atom is 0.256 e. The minimum Gasteiger partial charge on any atom is -0.322 e. The number of aryl methyl sites for hydroxylation is 1. The van der Waals surface area contributed by atoms with E-state index in [-0.39, 0.29) is 17.5 Å². The third kappa shape index (κ3) is 3.38. The van der Waals surface area contributed by atoms with Crippen molar-refractivity contribution in [3.05, 3.63) is 94.0 Å². The molecule has 3 aromatic rings. The van der Waals surface area contributed by atoms with Crippen molar-refractivity contribution >= 4 is 34.9 Å². The van der Waals surface area contributed by atoms with Gasteiger partial charge in [-0.25, -0.2) is 0 Å². The molecule has 1 aliphatic carbocycles. The van der Waals surface area contributed by atoms with Crippen molar-refractivity contribution in [3.8, 4) is 0 Å². The SMILES string of the molecule is CCSc1c(C(=O)Nc2ccc(C)cc2)ccc2c1C(=O)c1ccccc1C2=O. The smallest absolute Gasteiger partial charge is 0.256 e. The highest BCUT2D eigenvalue weighted by Crippen LogP contribution is 2.36. The van der Waals surface area contributed by atoms with Gasteiger partial charge in [-0.3, -0.25) is 14.4 Å². The number of carbonyl (C=O) groups is 3. The van der Waals surface area contributed by atoms with E-state index in [1.165, 1.54) is 11.8 Å². The van der Waals surface area contributed by atoms with Crippen LogP contribution in [0.4, 0.5) is 5.69 Å². The number of hydrogen-bond donors (Lipinski definition) is 1. The minimum absolute atomic E-state index is 0.182. The van der Waals surface area contributed by atoms with Gasteiger partial charge in [-0.15, -0.1) is 11.8 Å². The van der Waals surface area contributed by atoms with Crippen molar-refractivity contribution in [3.63, 3.8) is 0 Å². The largest absolute Gasteiger partial charge is 0.322 e. The van der Waals surface area contributed by atoms with E-state index in [4.69, 9.17) is 0 Å². The highest BCUT2D eigenvalue weighted by Gasteiger charge is 2.33. The van der Waals surface area contributed by atoms with Crippen molar-refractivity contribution in [2.24, 2.45) is 0 Å². The van der Waals surface area contributed by atoms with Gasteiger partial charge in [0.25, 0.3) is 5.91 Å². The molecule has 1 aliphatic rings. The van der Waals surface area contributed by atoms with Gasteiger partial charge in [0.05, 0.1) is 5.56 Å². The third-order valence-corrected chi connectivity index (χ3v) is 5.89. The Balaban J connectivity index is 1.81. The quantitative estimate of drug-likeness (QED) is 0.481. The molecule has 0 aliphatic heterocycles. The standard InChI is InChI=1S/C24H19NO3S/c1-3-29-23-19(24(28)25-15-10-8-14(2)9-11-15)13-12-18-20(23)22(27)17-7-5-4-6-16(17)21(18)26/h4-13H,3H2,1-2H3,(H,25,28). The lowest BCUT2D eigenvalue weighted by molar-refractivity contribution is 0.0975.